The van der Waals surface area contributed by atoms with E-state index in [1.807, 2.05) is 12.3 Å². The minimum Gasteiger partial charge on any atom is -0.364 e. The summed E-state index contributed by atoms with van der Waals surface area (Å²) in [6.45, 7) is 1.96. The Hall–Kier alpha value is -4.31. The number of anilines is 3. The summed E-state index contributed by atoms with van der Waals surface area (Å²) in [6.07, 6.45) is 13.4. The molecule has 2 unspecified atom stereocenters. The van der Waals surface area contributed by atoms with Crippen molar-refractivity contribution in [3.63, 3.8) is 0 Å². The number of rotatable bonds is 6. The molecule has 1 saturated heterocycles. The molecule has 1 saturated carbocycles. The standard InChI is InChI=1S/C27H22F2N8/c28-19-4-5-21(29)34-25(19)35-22-10-16(6-8-32-22)24-33-20-14-31-13-18(15-2-1-3-15)23(20)26(36-24)37-27-7-9-30-12-17(27)11-27/h1-6,8,10,13-14,17,30H,7,9,11-12H2,(H,32,34,35)(H,33,36,37). The molecule has 2 fully saturated rings. The molecular formula is C27H22F2N8. The molecule has 3 N–H and O–H groups in total. The number of piperidine rings is 1. The van der Waals surface area contributed by atoms with Crippen molar-refractivity contribution < 1.29 is 8.78 Å². The monoisotopic (exact) mass is 496 g/mol. The van der Waals surface area contributed by atoms with Gasteiger partial charge < -0.3 is 16.0 Å². The van der Waals surface area contributed by atoms with Gasteiger partial charge in [0.1, 0.15) is 11.6 Å². The Kier molecular flexibility index (Phi) is 4.97. The van der Waals surface area contributed by atoms with Crippen LogP contribution in [0.3, 0.4) is 0 Å². The molecule has 4 aromatic heterocycles. The van der Waals surface area contributed by atoms with Gasteiger partial charge in [-0.1, -0.05) is 18.2 Å². The lowest BCUT2D eigenvalue weighted by Crippen LogP contribution is -2.38. The summed E-state index contributed by atoms with van der Waals surface area (Å²) in [5.74, 6) is 0.396. The summed E-state index contributed by atoms with van der Waals surface area (Å²) in [4.78, 5) is 22.1. The van der Waals surface area contributed by atoms with Crippen LogP contribution in [0, 0.1) is 17.7 Å². The normalized spacial score (nSPS) is 21.7. The maximum absolute atomic E-state index is 14.1. The minimum atomic E-state index is -0.788. The molecule has 37 heavy (non-hydrogen) atoms. The number of pyridine rings is 3. The van der Waals surface area contributed by atoms with Crippen molar-refractivity contribution in [3.8, 4) is 11.4 Å². The fourth-order valence-electron chi connectivity index (χ4n) is 5.15. The maximum Gasteiger partial charge on any atom is 0.214 e. The molecule has 7 rings (SSSR count). The van der Waals surface area contributed by atoms with Crippen LogP contribution in [0.1, 0.15) is 18.4 Å². The summed E-state index contributed by atoms with van der Waals surface area (Å²) in [7, 11) is 0. The first-order chi connectivity index (χ1) is 18.1. The van der Waals surface area contributed by atoms with E-state index in [2.05, 4.69) is 43.1 Å². The molecule has 4 aromatic rings. The number of fused-ring (bicyclic) bond motifs is 2. The van der Waals surface area contributed by atoms with Gasteiger partial charge in [0, 0.05) is 35.6 Å². The van der Waals surface area contributed by atoms with Crippen molar-refractivity contribution >= 4 is 33.9 Å². The third-order valence-corrected chi connectivity index (χ3v) is 7.28. The van der Waals surface area contributed by atoms with E-state index in [1.54, 1.807) is 24.5 Å². The lowest BCUT2D eigenvalue weighted by molar-refractivity contribution is 0.466. The number of hydrogen-bond acceptors (Lipinski definition) is 8. The molecule has 0 spiro atoms. The summed E-state index contributed by atoms with van der Waals surface area (Å²) < 4.78 is 27.7. The molecule has 2 atom stereocenters. The molecule has 184 valence electrons. The highest BCUT2D eigenvalue weighted by Crippen LogP contribution is 2.50. The molecule has 0 amide bonds. The smallest absolute Gasteiger partial charge is 0.214 e. The van der Waals surface area contributed by atoms with E-state index in [0.29, 0.717) is 23.1 Å². The molecule has 1 aliphatic heterocycles. The van der Waals surface area contributed by atoms with Crippen LogP contribution < -0.4 is 16.0 Å². The topological polar surface area (TPSA) is 101 Å². The number of hydrogen-bond donors (Lipinski definition) is 3. The number of allylic oxidation sites excluding steroid dienone is 4. The second-order valence-electron chi connectivity index (χ2n) is 9.61. The zero-order chi connectivity index (χ0) is 25.0. The summed E-state index contributed by atoms with van der Waals surface area (Å²) >= 11 is 0. The van der Waals surface area contributed by atoms with Crippen LogP contribution in [0.2, 0.25) is 0 Å². The van der Waals surface area contributed by atoms with E-state index in [9.17, 15) is 8.78 Å². The summed E-state index contributed by atoms with van der Waals surface area (Å²) in [5.41, 5.74) is 3.49. The van der Waals surface area contributed by atoms with Crippen molar-refractivity contribution in [3.05, 3.63) is 78.4 Å². The Morgan fingerprint density at radius 3 is 2.81 bits per heavy atom. The summed E-state index contributed by atoms with van der Waals surface area (Å²) in [5, 5.41) is 11.0. The highest BCUT2D eigenvalue weighted by molar-refractivity contribution is 6.02. The van der Waals surface area contributed by atoms with Crippen LogP contribution in [0.5, 0.6) is 0 Å². The predicted octanol–water partition coefficient (Wildman–Crippen LogP) is 4.62. The Bertz CT molecular complexity index is 1620. The Labute approximate surface area is 211 Å². The number of halogens is 2. The second-order valence-corrected chi connectivity index (χ2v) is 9.61. The molecule has 0 radical (unpaired) electrons. The van der Waals surface area contributed by atoms with Gasteiger partial charge in [0.05, 0.1) is 17.1 Å². The summed E-state index contributed by atoms with van der Waals surface area (Å²) in [6, 6.07) is 5.45. The lowest BCUT2D eigenvalue weighted by Gasteiger charge is -2.26. The van der Waals surface area contributed by atoms with E-state index >= 15 is 0 Å². The van der Waals surface area contributed by atoms with Gasteiger partial charge in [-0.3, -0.25) is 4.98 Å². The first kappa shape index (κ1) is 21.9. The number of nitrogens with one attached hydrogen (secondary N) is 3. The lowest BCUT2D eigenvalue weighted by atomic mass is 9.97. The van der Waals surface area contributed by atoms with E-state index in [4.69, 9.17) is 9.97 Å². The highest BCUT2D eigenvalue weighted by Gasteiger charge is 2.55. The largest absolute Gasteiger partial charge is 0.364 e. The molecule has 2 aliphatic carbocycles. The van der Waals surface area contributed by atoms with E-state index in [1.165, 1.54) is 0 Å². The van der Waals surface area contributed by atoms with Gasteiger partial charge in [-0.15, -0.1) is 0 Å². The SMILES string of the molecule is Fc1ccc(F)c(Nc2cc(-c3nc(NC45CCNCC4C5)c4c(C5=CC=C5)cncc4n3)ccn2)n1. The molecule has 5 heterocycles. The predicted molar refractivity (Wildman–Crippen MR) is 137 cm³/mol. The van der Waals surface area contributed by atoms with Gasteiger partial charge in [-0.05, 0) is 55.1 Å². The zero-order valence-electron chi connectivity index (χ0n) is 19.7. The number of nitrogens with zero attached hydrogens (tertiary/aromatic N) is 5. The van der Waals surface area contributed by atoms with Gasteiger partial charge in [-0.2, -0.15) is 9.37 Å². The Morgan fingerprint density at radius 2 is 1.97 bits per heavy atom. The van der Waals surface area contributed by atoms with Crippen molar-refractivity contribution in [1.82, 2.24) is 30.2 Å². The molecule has 8 nitrogen and oxygen atoms in total. The average molecular weight is 497 g/mol. The van der Waals surface area contributed by atoms with E-state index < -0.39 is 11.8 Å². The fourth-order valence-corrected chi connectivity index (χ4v) is 5.15. The van der Waals surface area contributed by atoms with E-state index in [0.717, 1.165) is 65.9 Å². The molecule has 10 heteroatoms. The number of aromatic nitrogens is 5. The van der Waals surface area contributed by atoms with E-state index in [-0.39, 0.29) is 11.4 Å². The zero-order valence-corrected chi connectivity index (χ0v) is 19.7. The van der Waals surface area contributed by atoms with Gasteiger partial charge in [0.15, 0.2) is 17.5 Å². The third kappa shape index (κ3) is 3.89. The van der Waals surface area contributed by atoms with Gasteiger partial charge in [0.2, 0.25) is 5.95 Å². The van der Waals surface area contributed by atoms with Crippen molar-refractivity contribution in [2.45, 2.75) is 18.4 Å². The van der Waals surface area contributed by atoms with Crippen molar-refractivity contribution in [2.75, 3.05) is 23.7 Å². The fraction of sp³-hybridized carbons (Fsp3) is 0.222. The first-order valence-electron chi connectivity index (χ1n) is 12.2. The van der Waals surface area contributed by atoms with Crippen LogP contribution in [0.25, 0.3) is 27.9 Å². The van der Waals surface area contributed by atoms with Crippen LogP contribution in [0.4, 0.5) is 26.2 Å². The Balaban J connectivity index is 1.31. The molecule has 3 aliphatic rings. The minimum absolute atomic E-state index is 0.0275. The van der Waals surface area contributed by atoms with Gasteiger partial charge in [-0.25, -0.2) is 19.3 Å². The van der Waals surface area contributed by atoms with Crippen molar-refractivity contribution in [1.29, 1.82) is 0 Å². The quantitative estimate of drug-likeness (QED) is 0.333. The highest BCUT2D eigenvalue weighted by atomic mass is 19.1. The van der Waals surface area contributed by atoms with Crippen LogP contribution in [-0.2, 0) is 0 Å². The average Bonchev–Trinajstić information content (AvgIpc) is 3.59. The first-order valence-corrected chi connectivity index (χ1v) is 12.2. The third-order valence-electron chi connectivity index (χ3n) is 7.28. The maximum atomic E-state index is 14.1. The van der Waals surface area contributed by atoms with Crippen molar-refractivity contribution in [2.24, 2.45) is 5.92 Å². The van der Waals surface area contributed by atoms with Gasteiger partial charge in [0.25, 0.3) is 0 Å². The van der Waals surface area contributed by atoms with Crippen LogP contribution in [-0.4, -0.2) is 43.5 Å². The van der Waals surface area contributed by atoms with Crippen LogP contribution in [0.15, 0.2) is 61.1 Å². The second kappa shape index (κ2) is 8.38. The van der Waals surface area contributed by atoms with Crippen LogP contribution >= 0.6 is 0 Å². The van der Waals surface area contributed by atoms with Gasteiger partial charge >= 0.3 is 0 Å². The molecule has 0 aromatic carbocycles. The molecular weight excluding hydrogens is 474 g/mol. The Morgan fingerprint density at radius 1 is 1.05 bits per heavy atom. The molecule has 0 bridgehead atoms.